The lowest BCUT2D eigenvalue weighted by molar-refractivity contribution is 0.913. The van der Waals surface area contributed by atoms with Crippen molar-refractivity contribution in [2.24, 2.45) is 7.05 Å². The third-order valence-electron chi connectivity index (χ3n) is 2.60. The molecule has 1 aromatic carbocycles. The van der Waals surface area contributed by atoms with Crippen LogP contribution in [0.3, 0.4) is 0 Å². The highest BCUT2D eigenvalue weighted by atomic mass is 15.0. The molecule has 0 N–H and O–H groups in total. The zero-order chi connectivity index (χ0) is 15.5. The molecule has 2 heterocycles. The molecule has 21 heavy (non-hydrogen) atoms. The van der Waals surface area contributed by atoms with E-state index in [1.165, 1.54) is 5.56 Å². The van der Waals surface area contributed by atoms with Crippen molar-refractivity contribution in [3.8, 4) is 0 Å². The van der Waals surface area contributed by atoms with Crippen LogP contribution in [0.2, 0.25) is 0 Å². The van der Waals surface area contributed by atoms with E-state index in [1.807, 2.05) is 68.1 Å². The Labute approximate surface area is 127 Å². The second-order valence-electron chi connectivity index (χ2n) is 4.80. The first-order valence-electron chi connectivity index (χ1n) is 6.92. The zero-order valence-corrected chi connectivity index (χ0v) is 13.2. The highest BCUT2D eigenvalue weighted by molar-refractivity contribution is 5.11. The smallest absolute Gasteiger partial charge is 0.0943 e. The maximum atomic E-state index is 4.17. The first-order valence-corrected chi connectivity index (χ1v) is 6.92. The van der Waals surface area contributed by atoms with Crippen LogP contribution in [-0.4, -0.2) is 14.5 Å². The molecule has 0 bridgehead atoms. The molecule has 2 aromatic heterocycles. The van der Waals surface area contributed by atoms with E-state index in [1.54, 1.807) is 12.5 Å². The number of nitrogens with zero attached hydrogens (tertiary/aromatic N) is 3. The van der Waals surface area contributed by atoms with Gasteiger partial charge in [-0.1, -0.05) is 42.0 Å². The Kier molecular flexibility index (Phi) is 7.51. The normalized spacial score (nSPS) is 8.95. The molecule has 3 heteroatoms. The van der Waals surface area contributed by atoms with Crippen molar-refractivity contribution in [1.29, 1.82) is 0 Å². The predicted octanol–water partition coefficient (Wildman–Crippen LogP) is 4.11. The number of aryl methyl sites for hydroxylation is 4. The second kappa shape index (κ2) is 9.48. The molecular formula is C18H23N3. The molecular weight excluding hydrogens is 258 g/mol. The number of imidazole rings is 1. The lowest BCUT2D eigenvalue weighted by Crippen LogP contribution is -1.81. The summed E-state index contributed by atoms with van der Waals surface area (Å²) in [5, 5.41) is 0. The lowest BCUT2D eigenvalue weighted by atomic mass is 10.2. The predicted molar refractivity (Wildman–Crippen MR) is 88.1 cm³/mol. The number of hydrogen-bond donors (Lipinski definition) is 0. The fourth-order valence-electron chi connectivity index (χ4n) is 1.54. The summed E-state index contributed by atoms with van der Waals surface area (Å²) in [6.45, 7) is 6.07. The summed E-state index contributed by atoms with van der Waals surface area (Å²) in [7, 11) is 1.94. The Balaban J connectivity index is 0.000000159. The Morgan fingerprint density at radius 1 is 0.810 bits per heavy atom. The maximum absolute atomic E-state index is 4.17. The van der Waals surface area contributed by atoms with Crippen LogP contribution in [-0.2, 0) is 7.05 Å². The van der Waals surface area contributed by atoms with Crippen molar-refractivity contribution < 1.29 is 0 Å². The van der Waals surface area contributed by atoms with Gasteiger partial charge in [0.25, 0.3) is 0 Å². The molecule has 0 fully saturated rings. The minimum absolute atomic E-state index is 1.09. The minimum Gasteiger partial charge on any atom is -0.341 e. The molecule has 0 saturated heterocycles. The van der Waals surface area contributed by atoms with Crippen molar-refractivity contribution in [3.63, 3.8) is 0 Å². The van der Waals surface area contributed by atoms with Gasteiger partial charge in [-0.2, -0.15) is 0 Å². The summed E-state index contributed by atoms with van der Waals surface area (Å²) in [6, 6.07) is 16.3. The van der Waals surface area contributed by atoms with Crippen molar-refractivity contribution in [2.75, 3.05) is 0 Å². The van der Waals surface area contributed by atoms with E-state index in [0.717, 1.165) is 11.4 Å². The van der Waals surface area contributed by atoms with Crippen molar-refractivity contribution in [1.82, 2.24) is 14.5 Å². The van der Waals surface area contributed by atoms with Crippen molar-refractivity contribution >= 4 is 0 Å². The van der Waals surface area contributed by atoms with Crippen LogP contribution in [0, 0.1) is 20.8 Å². The van der Waals surface area contributed by atoms with Gasteiger partial charge in [-0.3, -0.25) is 4.98 Å². The van der Waals surface area contributed by atoms with Gasteiger partial charge in [-0.15, -0.1) is 0 Å². The topological polar surface area (TPSA) is 30.7 Å². The van der Waals surface area contributed by atoms with Crippen LogP contribution >= 0.6 is 0 Å². The first kappa shape index (κ1) is 16.6. The lowest BCUT2D eigenvalue weighted by Gasteiger charge is -1.90. The van der Waals surface area contributed by atoms with E-state index in [0.29, 0.717) is 0 Å². The number of benzene rings is 1. The zero-order valence-electron chi connectivity index (χ0n) is 13.2. The van der Waals surface area contributed by atoms with Crippen LogP contribution in [0.1, 0.15) is 17.0 Å². The SMILES string of the molecule is Cc1cccc(C)n1.Cc1ccccc1.Cn1ccnc1. The molecule has 0 spiro atoms. The van der Waals surface area contributed by atoms with Crippen LogP contribution in [0.25, 0.3) is 0 Å². The molecule has 0 radical (unpaired) electrons. The molecule has 3 rings (SSSR count). The molecule has 0 aliphatic carbocycles. The van der Waals surface area contributed by atoms with Gasteiger partial charge in [-0.25, -0.2) is 4.98 Å². The van der Waals surface area contributed by atoms with Crippen LogP contribution < -0.4 is 0 Å². The Hall–Kier alpha value is -2.42. The third kappa shape index (κ3) is 8.37. The van der Waals surface area contributed by atoms with E-state index in [4.69, 9.17) is 0 Å². The van der Waals surface area contributed by atoms with Gasteiger partial charge in [-0.05, 0) is 32.9 Å². The number of rotatable bonds is 0. The molecule has 0 unspecified atom stereocenters. The molecule has 0 amide bonds. The van der Waals surface area contributed by atoms with Gasteiger partial charge in [0.15, 0.2) is 0 Å². The average Bonchev–Trinajstić information content (AvgIpc) is 2.92. The molecule has 110 valence electrons. The summed E-state index contributed by atoms with van der Waals surface area (Å²) < 4.78 is 1.89. The summed E-state index contributed by atoms with van der Waals surface area (Å²) >= 11 is 0. The highest BCUT2D eigenvalue weighted by Gasteiger charge is 1.82. The molecule has 3 aromatic rings. The van der Waals surface area contributed by atoms with Crippen LogP contribution in [0.15, 0.2) is 67.3 Å². The summed E-state index contributed by atoms with van der Waals surface area (Å²) in [4.78, 5) is 7.96. The number of pyridine rings is 1. The Morgan fingerprint density at radius 3 is 1.67 bits per heavy atom. The van der Waals surface area contributed by atoms with Gasteiger partial charge < -0.3 is 4.57 Å². The average molecular weight is 281 g/mol. The number of hydrogen-bond acceptors (Lipinski definition) is 2. The van der Waals surface area contributed by atoms with E-state index >= 15 is 0 Å². The molecule has 0 aliphatic heterocycles. The van der Waals surface area contributed by atoms with Crippen LogP contribution in [0.4, 0.5) is 0 Å². The molecule has 0 atom stereocenters. The molecule has 0 aliphatic rings. The maximum Gasteiger partial charge on any atom is 0.0943 e. The Morgan fingerprint density at radius 2 is 1.43 bits per heavy atom. The van der Waals surface area contributed by atoms with Crippen molar-refractivity contribution in [3.05, 3.63) is 84.2 Å². The quantitative estimate of drug-likeness (QED) is 0.620. The van der Waals surface area contributed by atoms with Gasteiger partial charge >= 0.3 is 0 Å². The largest absolute Gasteiger partial charge is 0.341 e. The van der Waals surface area contributed by atoms with E-state index in [2.05, 4.69) is 29.0 Å². The minimum atomic E-state index is 1.09. The second-order valence-corrected chi connectivity index (χ2v) is 4.80. The summed E-state index contributed by atoms with van der Waals surface area (Å²) in [5.41, 5.74) is 3.50. The fraction of sp³-hybridized carbons (Fsp3) is 0.222. The van der Waals surface area contributed by atoms with Gasteiger partial charge in [0.05, 0.1) is 6.33 Å². The number of aromatic nitrogens is 3. The molecule has 0 saturated carbocycles. The standard InChI is InChI=1S/C7H9N.C7H8.C4H6N2/c1-6-4-3-5-7(2)8-6;1-7-5-3-2-4-6-7;1-6-3-2-5-4-6/h3-5H,1-2H3;2-6H,1H3;2-4H,1H3. The van der Waals surface area contributed by atoms with Gasteiger partial charge in [0.1, 0.15) is 0 Å². The van der Waals surface area contributed by atoms with Gasteiger partial charge in [0, 0.05) is 30.8 Å². The van der Waals surface area contributed by atoms with E-state index in [-0.39, 0.29) is 0 Å². The monoisotopic (exact) mass is 281 g/mol. The van der Waals surface area contributed by atoms with E-state index < -0.39 is 0 Å². The summed E-state index contributed by atoms with van der Waals surface area (Å²) in [5.74, 6) is 0. The molecule has 3 nitrogen and oxygen atoms in total. The highest BCUT2D eigenvalue weighted by Crippen LogP contribution is 1.93. The van der Waals surface area contributed by atoms with E-state index in [9.17, 15) is 0 Å². The fourth-order valence-corrected chi connectivity index (χ4v) is 1.54. The van der Waals surface area contributed by atoms with Gasteiger partial charge in [0.2, 0.25) is 0 Å². The summed E-state index contributed by atoms with van der Waals surface area (Å²) in [6.07, 6.45) is 5.39. The Bertz CT molecular complexity index is 584. The van der Waals surface area contributed by atoms with Crippen molar-refractivity contribution in [2.45, 2.75) is 20.8 Å². The third-order valence-corrected chi connectivity index (χ3v) is 2.60. The first-order chi connectivity index (χ1) is 10.1. The van der Waals surface area contributed by atoms with Crippen LogP contribution in [0.5, 0.6) is 0 Å².